The Morgan fingerprint density at radius 3 is 0.914 bits per heavy atom. The van der Waals surface area contributed by atoms with Crippen molar-refractivity contribution in [3.05, 3.63) is 122 Å². The standard InChI is InChI=1S/C64H104O6/c1-4-7-10-13-16-19-22-25-27-29-31-32-34-35-37-39-42-45-48-51-54-57-63(66)69-60-61(59-68-62(65)56-53-50-47-44-41-24-21-18-15-12-9-6-3)70-64(67)58-55-52-49-46-43-40-38-36-33-30-28-26-23-20-17-14-11-8-5-2/h7,10,16-21,25-28,31-33,35-37,42,45,61H,4-6,8-9,11-15,22-24,29-30,34,38-41,43-44,46-60H2,1-3H3/b10-7-,19-16-,20-17-,21-18-,27-25-,28-26-,32-31-,36-33-,37-35-,45-42-. The Morgan fingerprint density at radius 2 is 0.557 bits per heavy atom. The largest absolute Gasteiger partial charge is 0.462 e. The molecule has 0 N–H and O–H groups in total. The molecule has 0 aliphatic rings. The lowest BCUT2D eigenvalue weighted by Gasteiger charge is -2.18. The Balaban J connectivity index is 4.49. The lowest BCUT2D eigenvalue weighted by Crippen LogP contribution is -2.30. The van der Waals surface area contributed by atoms with Crippen molar-refractivity contribution in [2.75, 3.05) is 13.2 Å². The Bertz CT molecular complexity index is 1490. The highest BCUT2D eigenvalue weighted by Gasteiger charge is 2.19. The number of hydrogen-bond donors (Lipinski definition) is 0. The van der Waals surface area contributed by atoms with Gasteiger partial charge in [-0.1, -0.05) is 213 Å². The van der Waals surface area contributed by atoms with Crippen molar-refractivity contribution < 1.29 is 28.6 Å². The minimum Gasteiger partial charge on any atom is -0.462 e. The number of unbranched alkanes of at least 4 members (excludes halogenated alkanes) is 19. The SMILES string of the molecule is CC/C=C\C/C=C\C/C=C\C/C=C\C/C=C\C/C=C\CCCCC(=O)OCC(COC(=O)CCCCCCC/C=C\CCCCC)OC(=O)CCCCCCCC/C=C\C/C=C\C/C=C\CCCCC. The monoisotopic (exact) mass is 969 g/mol. The van der Waals surface area contributed by atoms with Crippen LogP contribution in [0.15, 0.2) is 122 Å². The molecule has 0 bridgehead atoms. The fourth-order valence-electron chi connectivity index (χ4n) is 7.39. The Kier molecular flexibility index (Phi) is 54.0. The third kappa shape index (κ3) is 54.7. The van der Waals surface area contributed by atoms with Crippen LogP contribution in [0.25, 0.3) is 0 Å². The van der Waals surface area contributed by atoms with E-state index in [2.05, 4.69) is 142 Å². The van der Waals surface area contributed by atoms with E-state index in [0.29, 0.717) is 25.7 Å². The summed E-state index contributed by atoms with van der Waals surface area (Å²) in [5, 5.41) is 0. The van der Waals surface area contributed by atoms with Crippen LogP contribution in [0.3, 0.4) is 0 Å². The third-order valence-corrected chi connectivity index (χ3v) is 11.7. The first-order valence-corrected chi connectivity index (χ1v) is 28.5. The Labute approximate surface area is 431 Å². The van der Waals surface area contributed by atoms with Gasteiger partial charge in [-0.3, -0.25) is 14.4 Å². The maximum Gasteiger partial charge on any atom is 0.306 e. The zero-order chi connectivity index (χ0) is 50.7. The van der Waals surface area contributed by atoms with E-state index in [4.69, 9.17) is 14.2 Å². The third-order valence-electron chi connectivity index (χ3n) is 11.7. The van der Waals surface area contributed by atoms with Gasteiger partial charge in [-0.15, -0.1) is 0 Å². The minimum absolute atomic E-state index is 0.105. The predicted octanol–water partition coefficient (Wildman–Crippen LogP) is 19.3. The molecule has 0 spiro atoms. The van der Waals surface area contributed by atoms with E-state index in [9.17, 15) is 14.4 Å². The lowest BCUT2D eigenvalue weighted by atomic mass is 10.1. The minimum atomic E-state index is -0.810. The summed E-state index contributed by atoms with van der Waals surface area (Å²) < 4.78 is 16.8. The molecular weight excluding hydrogens is 865 g/mol. The molecule has 1 atom stereocenters. The first kappa shape index (κ1) is 65.8. The van der Waals surface area contributed by atoms with Gasteiger partial charge in [0.2, 0.25) is 0 Å². The maximum atomic E-state index is 12.9. The van der Waals surface area contributed by atoms with E-state index >= 15 is 0 Å². The number of carbonyl (C=O) groups is 3. The average Bonchev–Trinajstić information content (AvgIpc) is 3.36. The van der Waals surface area contributed by atoms with Crippen molar-refractivity contribution in [1.29, 1.82) is 0 Å². The summed E-state index contributed by atoms with van der Waals surface area (Å²) in [4.78, 5) is 38.1. The molecule has 0 aliphatic carbocycles. The summed E-state index contributed by atoms with van der Waals surface area (Å²) in [5.74, 6) is -0.974. The molecule has 0 rings (SSSR count). The summed E-state index contributed by atoms with van der Waals surface area (Å²) in [6.07, 6.45) is 79.0. The van der Waals surface area contributed by atoms with Crippen LogP contribution in [-0.2, 0) is 28.6 Å². The summed E-state index contributed by atoms with van der Waals surface area (Å²) in [5.41, 5.74) is 0. The Hall–Kier alpha value is -4.19. The van der Waals surface area contributed by atoms with Crippen molar-refractivity contribution in [2.45, 2.75) is 252 Å². The van der Waals surface area contributed by atoms with Gasteiger partial charge in [0.25, 0.3) is 0 Å². The molecule has 1 unspecified atom stereocenters. The molecule has 0 aromatic carbocycles. The highest BCUT2D eigenvalue weighted by Crippen LogP contribution is 2.13. The second-order valence-corrected chi connectivity index (χ2v) is 18.5. The van der Waals surface area contributed by atoms with Crippen LogP contribution >= 0.6 is 0 Å². The van der Waals surface area contributed by atoms with Gasteiger partial charge >= 0.3 is 17.9 Å². The summed E-state index contributed by atoms with van der Waals surface area (Å²) >= 11 is 0. The number of hydrogen-bond acceptors (Lipinski definition) is 6. The number of ether oxygens (including phenoxy) is 3. The molecule has 0 aromatic heterocycles. The van der Waals surface area contributed by atoms with Crippen LogP contribution < -0.4 is 0 Å². The second-order valence-electron chi connectivity index (χ2n) is 18.5. The van der Waals surface area contributed by atoms with Gasteiger partial charge in [0.1, 0.15) is 13.2 Å². The van der Waals surface area contributed by atoms with Crippen LogP contribution in [0.2, 0.25) is 0 Å². The lowest BCUT2D eigenvalue weighted by molar-refractivity contribution is -0.167. The van der Waals surface area contributed by atoms with Gasteiger partial charge in [0.15, 0.2) is 6.10 Å². The van der Waals surface area contributed by atoms with Crippen LogP contribution in [0.5, 0.6) is 0 Å². The van der Waals surface area contributed by atoms with Crippen LogP contribution in [-0.4, -0.2) is 37.2 Å². The summed E-state index contributed by atoms with van der Waals surface area (Å²) in [7, 11) is 0. The smallest absolute Gasteiger partial charge is 0.306 e. The Morgan fingerprint density at radius 1 is 0.300 bits per heavy atom. The number of carbonyl (C=O) groups excluding carboxylic acids is 3. The molecule has 0 saturated heterocycles. The molecule has 0 heterocycles. The first-order chi connectivity index (χ1) is 34.5. The van der Waals surface area contributed by atoms with Crippen LogP contribution in [0.4, 0.5) is 0 Å². The molecule has 0 aromatic rings. The van der Waals surface area contributed by atoms with Crippen molar-refractivity contribution in [3.8, 4) is 0 Å². The van der Waals surface area contributed by atoms with E-state index < -0.39 is 6.10 Å². The molecule has 396 valence electrons. The van der Waals surface area contributed by atoms with Crippen LogP contribution in [0.1, 0.15) is 245 Å². The highest BCUT2D eigenvalue weighted by atomic mass is 16.6. The van der Waals surface area contributed by atoms with Crippen molar-refractivity contribution in [2.24, 2.45) is 0 Å². The van der Waals surface area contributed by atoms with Gasteiger partial charge in [-0.25, -0.2) is 0 Å². The van der Waals surface area contributed by atoms with Crippen LogP contribution in [0, 0.1) is 0 Å². The van der Waals surface area contributed by atoms with E-state index in [-0.39, 0.29) is 31.1 Å². The van der Waals surface area contributed by atoms with Gasteiger partial charge in [-0.05, 0) is 135 Å². The zero-order valence-electron chi connectivity index (χ0n) is 45.2. The van der Waals surface area contributed by atoms with E-state index in [1.807, 2.05) is 0 Å². The summed E-state index contributed by atoms with van der Waals surface area (Å²) in [6, 6.07) is 0. The number of allylic oxidation sites excluding steroid dienone is 20. The zero-order valence-corrected chi connectivity index (χ0v) is 45.2. The number of rotatable bonds is 50. The first-order valence-electron chi connectivity index (χ1n) is 28.5. The quantitative estimate of drug-likeness (QED) is 0.0262. The predicted molar refractivity (Wildman–Crippen MR) is 302 cm³/mol. The maximum absolute atomic E-state index is 12.9. The van der Waals surface area contributed by atoms with Crippen molar-refractivity contribution in [1.82, 2.24) is 0 Å². The normalized spacial score (nSPS) is 13.0. The topological polar surface area (TPSA) is 78.9 Å². The molecule has 0 aliphatic heterocycles. The molecule has 70 heavy (non-hydrogen) atoms. The van der Waals surface area contributed by atoms with Gasteiger partial charge in [-0.2, -0.15) is 0 Å². The van der Waals surface area contributed by atoms with E-state index in [0.717, 1.165) is 128 Å². The molecule has 0 saturated carbocycles. The van der Waals surface area contributed by atoms with Crippen molar-refractivity contribution >= 4 is 17.9 Å². The molecule has 0 fully saturated rings. The molecule has 6 heteroatoms. The molecular formula is C64H104O6. The fourth-order valence-corrected chi connectivity index (χ4v) is 7.39. The van der Waals surface area contributed by atoms with Gasteiger partial charge in [0.05, 0.1) is 0 Å². The number of esters is 3. The summed E-state index contributed by atoms with van der Waals surface area (Å²) in [6.45, 7) is 6.41. The highest BCUT2D eigenvalue weighted by molar-refractivity contribution is 5.71. The molecule has 0 radical (unpaired) electrons. The van der Waals surface area contributed by atoms with Gasteiger partial charge < -0.3 is 14.2 Å². The van der Waals surface area contributed by atoms with Gasteiger partial charge in [0, 0.05) is 19.3 Å². The average molecular weight is 970 g/mol. The van der Waals surface area contributed by atoms with E-state index in [1.165, 1.54) is 70.6 Å². The fraction of sp³-hybridized carbons (Fsp3) is 0.641. The molecule has 6 nitrogen and oxygen atoms in total. The van der Waals surface area contributed by atoms with Crippen molar-refractivity contribution in [3.63, 3.8) is 0 Å². The molecule has 0 amide bonds. The van der Waals surface area contributed by atoms with E-state index in [1.54, 1.807) is 0 Å². The second kappa shape index (κ2) is 57.4.